The Morgan fingerprint density at radius 1 is 1.00 bits per heavy atom. The Balaban J connectivity index is 0.000000448. The lowest BCUT2D eigenvalue weighted by Crippen LogP contribution is -2.48. The molecule has 5 N–H and O–H groups in total. The summed E-state index contributed by atoms with van der Waals surface area (Å²) < 4.78 is 41.9. The van der Waals surface area contributed by atoms with Crippen LogP contribution in [0.5, 0.6) is 23.0 Å². The van der Waals surface area contributed by atoms with Gasteiger partial charge in [0.15, 0.2) is 23.0 Å². The number of phenolic OH excluding ortho intramolecular Hbond substituents is 4. The van der Waals surface area contributed by atoms with Crippen molar-refractivity contribution in [3.8, 4) is 23.0 Å². The number of likely N-dealkylation sites (N-methyl/N-ethyl adjacent to an activating group) is 1. The molecule has 0 spiro atoms. The predicted molar refractivity (Wildman–Crippen MR) is 166 cm³/mol. The van der Waals surface area contributed by atoms with Crippen LogP contribution < -0.4 is 0 Å². The molecule has 3 rings (SSSR count). The Morgan fingerprint density at radius 2 is 1.51 bits per heavy atom. The van der Waals surface area contributed by atoms with E-state index < -0.39 is 40.6 Å². The van der Waals surface area contributed by atoms with Gasteiger partial charge in [-0.1, -0.05) is 20.4 Å². The van der Waals surface area contributed by atoms with Gasteiger partial charge >= 0.3 is 6.18 Å². The molecular formula is C31H49F3N4O7. The van der Waals surface area contributed by atoms with Gasteiger partial charge in [0.05, 0.1) is 12.2 Å². The van der Waals surface area contributed by atoms with E-state index in [0.717, 1.165) is 57.2 Å². The van der Waals surface area contributed by atoms with Gasteiger partial charge in [-0.3, -0.25) is 14.7 Å². The molecule has 11 nitrogen and oxygen atoms in total. The first-order valence-corrected chi connectivity index (χ1v) is 14.9. The summed E-state index contributed by atoms with van der Waals surface area (Å²) in [7, 11) is 2.02. The number of alkyl halides is 3. The van der Waals surface area contributed by atoms with Gasteiger partial charge in [-0.05, 0) is 59.1 Å². The van der Waals surface area contributed by atoms with Crippen LogP contribution in [0.4, 0.5) is 13.2 Å². The van der Waals surface area contributed by atoms with E-state index >= 15 is 0 Å². The van der Waals surface area contributed by atoms with Crippen molar-refractivity contribution in [2.24, 2.45) is 10.9 Å². The fraction of sp³-hybridized carbons (Fsp3) is 0.613. The summed E-state index contributed by atoms with van der Waals surface area (Å²) in [5.41, 5.74) is -2.39. The Bertz CT molecular complexity index is 1140. The number of aromatic hydroxyl groups is 4. The van der Waals surface area contributed by atoms with Gasteiger partial charge in [0.25, 0.3) is 6.47 Å². The third kappa shape index (κ3) is 10.8. The minimum atomic E-state index is -4.44. The van der Waals surface area contributed by atoms with Crippen LogP contribution in [0.2, 0.25) is 0 Å². The normalized spacial score (nSPS) is 18.6. The second-order valence-corrected chi connectivity index (χ2v) is 10.9. The molecule has 45 heavy (non-hydrogen) atoms. The minimum Gasteiger partial charge on any atom is -0.504 e. The molecule has 1 unspecified atom stereocenters. The number of piperidine rings is 1. The number of carbonyl (C=O) groups is 1. The number of carbonyl (C=O) groups excluding carboxylic acids is 1. The van der Waals surface area contributed by atoms with Crippen molar-refractivity contribution in [3.63, 3.8) is 0 Å². The number of nitrogens with zero attached hydrogens (tertiary/aromatic N) is 4. The topological polar surface area (TPSA) is 150 Å². The third-order valence-electron chi connectivity index (χ3n) is 7.92. The first kappa shape index (κ1) is 39.5. The SMILES string of the molecule is C=CC(=N/C=C(\C)N1CCN(C)CC1)C(F)(F)F.CC.Cc1c(O)c(O)c(C(C)(O)N2CCC(CCOC=O)CC2)c(O)c1O. The highest BCUT2D eigenvalue weighted by Gasteiger charge is 2.40. The van der Waals surface area contributed by atoms with Crippen molar-refractivity contribution in [3.05, 3.63) is 35.7 Å². The molecule has 0 saturated carbocycles. The summed E-state index contributed by atoms with van der Waals surface area (Å²) in [4.78, 5) is 19.5. The predicted octanol–water partition coefficient (Wildman–Crippen LogP) is 4.57. The molecule has 14 heteroatoms. The van der Waals surface area contributed by atoms with Crippen LogP contribution in [0.3, 0.4) is 0 Å². The molecule has 0 aliphatic carbocycles. The molecule has 2 fully saturated rings. The van der Waals surface area contributed by atoms with E-state index in [1.54, 1.807) is 11.8 Å². The summed E-state index contributed by atoms with van der Waals surface area (Å²) in [6.45, 7) is 16.8. The monoisotopic (exact) mass is 646 g/mol. The quantitative estimate of drug-likeness (QED) is 0.0849. The lowest BCUT2D eigenvalue weighted by molar-refractivity contribution is -0.129. The van der Waals surface area contributed by atoms with E-state index in [1.165, 1.54) is 20.0 Å². The number of rotatable bonds is 9. The Morgan fingerprint density at radius 3 is 1.96 bits per heavy atom. The number of ether oxygens (including phenoxy) is 1. The average molecular weight is 647 g/mol. The molecule has 1 aromatic carbocycles. The number of piperazine rings is 1. The number of benzene rings is 1. The van der Waals surface area contributed by atoms with Crippen molar-refractivity contribution < 1.29 is 48.2 Å². The van der Waals surface area contributed by atoms with Crippen molar-refractivity contribution in [2.45, 2.75) is 65.8 Å². The van der Waals surface area contributed by atoms with Gasteiger partial charge in [0.2, 0.25) is 0 Å². The number of hydrogen-bond donors (Lipinski definition) is 5. The van der Waals surface area contributed by atoms with Crippen molar-refractivity contribution in [1.82, 2.24) is 14.7 Å². The Kier molecular flexibility index (Phi) is 15.7. The van der Waals surface area contributed by atoms with Crippen LogP contribution in [0.15, 0.2) is 29.5 Å². The first-order valence-electron chi connectivity index (χ1n) is 14.9. The zero-order valence-corrected chi connectivity index (χ0v) is 27.1. The molecule has 2 aliphatic heterocycles. The maximum Gasteiger partial charge on any atom is 0.433 e. The van der Waals surface area contributed by atoms with E-state index in [0.29, 0.717) is 32.1 Å². The van der Waals surface area contributed by atoms with Crippen LogP contribution in [-0.2, 0) is 15.3 Å². The van der Waals surface area contributed by atoms with Crippen molar-refractivity contribution in [2.75, 3.05) is 52.9 Å². The standard InChI is InChI=1S/C17H25NO7.C12H18F3N3.C2H6/c1-10-13(20)15(22)12(16(23)14(10)21)17(2,24)18-6-3-11(4-7-18)5-8-25-9-19;1-4-11(12(13,14)15)16-9-10(2)18-7-5-17(3)6-8-18;1-2/h9,11,20-24H,3-8H2,1-2H3;4,9H,1,5-8H2,2-3H3;1-2H3/b;10-9+,16-11?;. The minimum absolute atomic E-state index is 0.0663. The lowest BCUT2D eigenvalue weighted by atomic mass is 9.90. The van der Waals surface area contributed by atoms with Gasteiger partial charge in [0, 0.05) is 56.7 Å². The van der Waals surface area contributed by atoms with E-state index in [4.69, 9.17) is 4.74 Å². The van der Waals surface area contributed by atoms with Gasteiger partial charge in [-0.15, -0.1) is 0 Å². The molecule has 256 valence electrons. The molecule has 2 saturated heterocycles. The van der Waals surface area contributed by atoms with E-state index in [2.05, 4.69) is 16.5 Å². The van der Waals surface area contributed by atoms with Crippen LogP contribution in [0.25, 0.3) is 0 Å². The average Bonchev–Trinajstić information content (AvgIpc) is 3.00. The maximum atomic E-state index is 12.4. The molecular weight excluding hydrogens is 597 g/mol. The van der Waals surface area contributed by atoms with E-state index in [1.807, 2.05) is 25.8 Å². The second-order valence-electron chi connectivity index (χ2n) is 10.9. The van der Waals surface area contributed by atoms with Gasteiger partial charge in [0.1, 0.15) is 11.4 Å². The van der Waals surface area contributed by atoms with Crippen molar-refractivity contribution >= 4 is 12.2 Å². The first-order chi connectivity index (χ1) is 21.1. The van der Waals surface area contributed by atoms with Crippen LogP contribution in [-0.4, -0.2) is 112 Å². The molecule has 1 atom stereocenters. The molecule has 2 aliphatic rings. The molecule has 0 radical (unpaired) electrons. The third-order valence-corrected chi connectivity index (χ3v) is 7.92. The highest BCUT2D eigenvalue weighted by molar-refractivity contribution is 5.99. The summed E-state index contributed by atoms with van der Waals surface area (Å²) in [6, 6.07) is 0. The van der Waals surface area contributed by atoms with E-state index in [9.17, 15) is 43.5 Å². The van der Waals surface area contributed by atoms with E-state index in [-0.39, 0.29) is 11.1 Å². The van der Waals surface area contributed by atoms with Gasteiger partial charge in [-0.25, -0.2) is 0 Å². The second kappa shape index (κ2) is 17.9. The number of likely N-dealkylation sites (tertiary alicyclic amines) is 1. The summed E-state index contributed by atoms with van der Waals surface area (Å²) >= 11 is 0. The molecule has 0 bridgehead atoms. The highest BCUT2D eigenvalue weighted by Crippen LogP contribution is 2.51. The fourth-order valence-corrected chi connectivity index (χ4v) is 5.01. The summed E-state index contributed by atoms with van der Waals surface area (Å²) in [6.07, 6.45) is -0.241. The van der Waals surface area contributed by atoms with Crippen LogP contribution in [0.1, 0.15) is 58.1 Å². The highest BCUT2D eigenvalue weighted by atomic mass is 19.4. The van der Waals surface area contributed by atoms with Gasteiger partial charge in [-0.2, -0.15) is 13.2 Å². The molecule has 0 amide bonds. The Labute approximate surface area is 263 Å². The smallest absolute Gasteiger partial charge is 0.433 e. The summed E-state index contributed by atoms with van der Waals surface area (Å²) in [5.74, 6) is -2.12. The number of aliphatic hydroxyl groups is 1. The molecule has 0 aromatic heterocycles. The lowest BCUT2D eigenvalue weighted by Gasteiger charge is -2.42. The maximum absolute atomic E-state index is 12.4. The fourth-order valence-electron chi connectivity index (χ4n) is 5.01. The number of aliphatic imine (C=N–C) groups is 1. The summed E-state index contributed by atoms with van der Waals surface area (Å²) in [5, 5.41) is 51.1. The van der Waals surface area contributed by atoms with Gasteiger partial charge < -0.3 is 40.1 Å². The molecule has 1 aromatic rings. The van der Waals surface area contributed by atoms with Crippen molar-refractivity contribution in [1.29, 1.82) is 0 Å². The zero-order valence-electron chi connectivity index (χ0n) is 27.1. The number of phenols is 4. The number of allylic oxidation sites excluding steroid dienone is 2. The van der Waals surface area contributed by atoms with Crippen LogP contribution in [0, 0.1) is 12.8 Å². The number of hydrogen-bond acceptors (Lipinski definition) is 11. The van der Waals surface area contributed by atoms with Crippen LogP contribution >= 0.6 is 0 Å². The largest absolute Gasteiger partial charge is 0.504 e. The Hall–Kier alpha value is -3.49. The zero-order chi connectivity index (χ0) is 34.5. The number of halogens is 3. The molecule has 2 heterocycles.